The van der Waals surface area contributed by atoms with Gasteiger partial charge in [-0.25, -0.2) is 8.42 Å². The van der Waals surface area contributed by atoms with Crippen molar-refractivity contribution >= 4 is 26.0 Å². The molecule has 0 bridgehead atoms. The average molecular weight is 190 g/mol. The fraction of sp³-hybridized carbons (Fsp3) is 1.00. The summed E-state index contributed by atoms with van der Waals surface area (Å²) in [6.07, 6.45) is 0.604. The molecule has 0 radical (unpaired) electrons. The van der Waals surface area contributed by atoms with Gasteiger partial charge in [0.25, 0.3) is 0 Å². The maximum atomic E-state index is 9.08. The van der Waals surface area contributed by atoms with E-state index in [1.54, 1.807) is 0 Å². The van der Waals surface area contributed by atoms with Crippen molar-refractivity contribution in [2.45, 2.75) is 0 Å². The number of hydrogen-bond acceptors (Lipinski definition) is 3. The second-order valence-corrected chi connectivity index (χ2v) is 2.11. The molecule has 3 nitrogen and oxygen atoms in total. The van der Waals surface area contributed by atoms with E-state index in [2.05, 4.69) is 15.9 Å². The van der Waals surface area contributed by atoms with Crippen LogP contribution < -0.4 is 0 Å². The Morgan fingerprint density at radius 1 is 1.43 bits per heavy atom. The minimum Gasteiger partial charge on any atom is -0.748 e. The van der Waals surface area contributed by atoms with Gasteiger partial charge in [-0.2, -0.15) is 0 Å². The Labute approximate surface area is 51.6 Å². The molecular formula is C2H6BrO3S-. The van der Waals surface area contributed by atoms with E-state index < -0.39 is 10.1 Å². The first-order valence-electron chi connectivity index (χ1n) is 1.29. The molecule has 0 aromatic rings. The van der Waals surface area contributed by atoms with Gasteiger partial charge in [-0.1, -0.05) is 15.9 Å². The standard InChI is InChI=1S/CH3Br.CH4O3S/c1-2;1-5(2,3)4/h1H3;1H3,(H,2,3,4)/p-1. The SMILES string of the molecule is CBr.CS(=O)(=O)[O-]. The lowest BCUT2D eigenvalue weighted by molar-refractivity contribution is 0.470. The first kappa shape index (κ1) is 10.4. The zero-order chi connectivity index (χ0) is 6.50. The summed E-state index contributed by atoms with van der Waals surface area (Å²) in [5.41, 5.74) is 0. The lowest BCUT2D eigenvalue weighted by Gasteiger charge is -1.90. The van der Waals surface area contributed by atoms with Gasteiger partial charge in [0.15, 0.2) is 0 Å². The molecule has 0 aromatic heterocycles. The number of rotatable bonds is 0. The van der Waals surface area contributed by atoms with E-state index in [9.17, 15) is 0 Å². The monoisotopic (exact) mass is 189 g/mol. The predicted molar refractivity (Wildman–Crippen MR) is 30.5 cm³/mol. The van der Waals surface area contributed by atoms with Crippen molar-refractivity contribution in [3.63, 3.8) is 0 Å². The van der Waals surface area contributed by atoms with Gasteiger partial charge in [-0.15, -0.1) is 0 Å². The highest BCUT2D eigenvalue weighted by molar-refractivity contribution is 9.08. The van der Waals surface area contributed by atoms with E-state index in [0.29, 0.717) is 6.26 Å². The Morgan fingerprint density at radius 3 is 1.43 bits per heavy atom. The fourth-order valence-electron chi connectivity index (χ4n) is 0. The van der Waals surface area contributed by atoms with E-state index in [1.165, 1.54) is 0 Å². The van der Waals surface area contributed by atoms with Crippen LogP contribution in [-0.4, -0.2) is 25.1 Å². The van der Waals surface area contributed by atoms with Crippen molar-refractivity contribution < 1.29 is 13.0 Å². The van der Waals surface area contributed by atoms with Crippen LogP contribution in [-0.2, 0) is 10.1 Å². The van der Waals surface area contributed by atoms with Gasteiger partial charge in [-0.05, 0) is 5.83 Å². The van der Waals surface area contributed by atoms with Crippen LogP contribution in [0.1, 0.15) is 0 Å². The van der Waals surface area contributed by atoms with Crippen LogP contribution >= 0.6 is 15.9 Å². The second-order valence-electron chi connectivity index (χ2n) is 0.704. The van der Waals surface area contributed by atoms with Crippen molar-refractivity contribution in [2.75, 3.05) is 12.1 Å². The normalized spacial score (nSPS) is 9.14. The zero-order valence-electron chi connectivity index (χ0n) is 4.01. The number of halogens is 1. The quantitative estimate of drug-likeness (QED) is 0.404. The summed E-state index contributed by atoms with van der Waals surface area (Å²) in [5, 5.41) is 0. The molecule has 0 heterocycles. The number of hydrogen-bond donors (Lipinski definition) is 0. The third-order valence-corrected chi connectivity index (χ3v) is 0. The van der Waals surface area contributed by atoms with E-state index in [4.69, 9.17) is 13.0 Å². The van der Waals surface area contributed by atoms with Crippen molar-refractivity contribution in [3.05, 3.63) is 0 Å². The fourth-order valence-corrected chi connectivity index (χ4v) is 0. The maximum Gasteiger partial charge on any atom is 0.0916 e. The van der Waals surface area contributed by atoms with Gasteiger partial charge in [0.05, 0.1) is 10.1 Å². The summed E-state index contributed by atoms with van der Waals surface area (Å²) in [6, 6.07) is 0. The molecule has 0 aliphatic heterocycles. The van der Waals surface area contributed by atoms with Crippen molar-refractivity contribution in [3.8, 4) is 0 Å². The Bertz CT molecular complexity index is 96.1. The summed E-state index contributed by atoms with van der Waals surface area (Å²) in [6.45, 7) is 0. The molecule has 0 amide bonds. The van der Waals surface area contributed by atoms with E-state index >= 15 is 0 Å². The van der Waals surface area contributed by atoms with Crippen LogP contribution in [0.3, 0.4) is 0 Å². The van der Waals surface area contributed by atoms with Gasteiger partial charge in [-0.3, -0.25) is 0 Å². The smallest absolute Gasteiger partial charge is 0.0916 e. The molecule has 5 heteroatoms. The average Bonchev–Trinajstić information content (AvgIpc) is 1.36. The molecule has 0 aromatic carbocycles. The highest BCUT2D eigenvalue weighted by Crippen LogP contribution is 1.59. The summed E-state index contributed by atoms with van der Waals surface area (Å²) >= 11 is 2.94. The van der Waals surface area contributed by atoms with Crippen molar-refractivity contribution in [1.29, 1.82) is 0 Å². The first-order valence-corrected chi connectivity index (χ1v) is 4.69. The molecule has 0 aliphatic carbocycles. The van der Waals surface area contributed by atoms with E-state index in [1.807, 2.05) is 5.83 Å². The Morgan fingerprint density at radius 2 is 1.43 bits per heavy atom. The van der Waals surface area contributed by atoms with Crippen LogP contribution in [0.5, 0.6) is 0 Å². The molecule has 0 saturated carbocycles. The highest BCUT2D eigenvalue weighted by Gasteiger charge is 1.65. The van der Waals surface area contributed by atoms with Gasteiger partial charge in [0, 0.05) is 6.26 Å². The largest absolute Gasteiger partial charge is 0.748 e. The Kier molecular flexibility index (Phi) is 6.75. The first-order chi connectivity index (χ1) is 3.00. The molecule has 0 atom stereocenters. The second kappa shape index (κ2) is 4.55. The van der Waals surface area contributed by atoms with Crippen LogP contribution in [0.15, 0.2) is 0 Å². The van der Waals surface area contributed by atoms with Gasteiger partial charge in [0.2, 0.25) is 0 Å². The molecule has 0 unspecified atom stereocenters. The Hall–Kier alpha value is 0.390. The van der Waals surface area contributed by atoms with Crippen molar-refractivity contribution in [1.82, 2.24) is 0 Å². The molecule has 0 saturated heterocycles. The van der Waals surface area contributed by atoms with Gasteiger partial charge in [0.1, 0.15) is 0 Å². The molecule has 46 valence electrons. The molecule has 0 rings (SSSR count). The topological polar surface area (TPSA) is 57.2 Å². The van der Waals surface area contributed by atoms with Crippen LogP contribution in [0, 0.1) is 0 Å². The molecule has 0 N–H and O–H groups in total. The lowest BCUT2D eigenvalue weighted by Crippen LogP contribution is -1.88. The third kappa shape index (κ3) is 810. The minimum atomic E-state index is -3.92. The molecule has 0 spiro atoms. The molecule has 7 heavy (non-hydrogen) atoms. The number of alkyl halides is 1. The molecule has 0 fully saturated rings. The summed E-state index contributed by atoms with van der Waals surface area (Å²) in [5.74, 6) is 1.81. The maximum absolute atomic E-state index is 9.08. The molecule has 0 aliphatic rings. The van der Waals surface area contributed by atoms with Gasteiger partial charge < -0.3 is 4.55 Å². The highest BCUT2D eigenvalue weighted by atomic mass is 79.9. The van der Waals surface area contributed by atoms with Crippen LogP contribution in [0.4, 0.5) is 0 Å². The van der Waals surface area contributed by atoms with Gasteiger partial charge >= 0.3 is 0 Å². The van der Waals surface area contributed by atoms with E-state index in [0.717, 1.165) is 0 Å². The van der Waals surface area contributed by atoms with Crippen molar-refractivity contribution in [2.24, 2.45) is 0 Å². The summed E-state index contributed by atoms with van der Waals surface area (Å²) < 4.78 is 27.2. The van der Waals surface area contributed by atoms with E-state index in [-0.39, 0.29) is 0 Å². The summed E-state index contributed by atoms with van der Waals surface area (Å²) in [7, 11) is -3.92. The van der Waals surface area contributed by atoms with Crippen LogP contribution in [0.2, 0.25) is 0 Å². The molecular weight excluding hydrogens is 184 g/mol. The zero-order valence-corrected chi connectivity index (χ0v) is 6.41. The third-order valence-electron chi connectivity index (χ3n) is 0. The minimum absolute atomic E-state index is 0.604. The lowest BCUT2D eigenvalue weighted by atomic mass is 12.0. The van der Waals surface area contributed by atoms with Crippen LogP contribution in [0.25, 0.3) is 0 Å². The summed E-state index contributed by atoms with van der Waals surface area (Å²) in [4.78, 5) is 0. The Balaban J connectivity index is 0. The predicted octanol–water partition coefficient (Wildman–Crippen LogP) is 0.173.